The summed E-state index contributed by atoms with van der Waals surface area (Å²) in [7, 11) is 1.31. The summed E-state index contributed by atoms with van der Waals surface area (Å²) in [5.41, 5.74) is 3.15. The number of hydrogen-bond acceptors (Lipinski definition) is 7. The van der Waals surface area contributed by atoms with Crippen LogP contribution in [0.3, 0.4) is 0 Å². The fourth-order valence-corrected chi connectivity index (χ4v) is 3.00. The number of rotatable bonds is 7. The van der Waals surface area contributed by atoms with E-state index in [2.05, 4.69) is 20.3 Å². The van der Waals surface area contributed by atoms with Gasteiger partial charge in [-0.3, -0.25) is 4.79 Å². The van der Waals surface area contributed by atoms with Crippen LogP contribution in [0.1, 0.15) is 27.4 Å². The maximum Gasteiger partial charge on any atom is 0.337 e. The van der Waals surface area contributed by atoms with Crippen molar-refractivity contribution in [2.45, 2.75) is 18.6 Å². The van der Waals surface area contributed by atoms with Gasteiger partial charge in [-0.2, -0.15) is 0 Å². The predicted molar refractivity (Wildman–Crippen MR) is 105 cm³/mol. The predicted octanol–water partition coefficient (Wildman–Crippen LogP) is 3.49. The van der Waals surface area contributed by atoms with E-state index in [0.29, 0.717) is 28.8 Å². The molecule has 8 heteroatoms. The van der Waals surface area contributed by atoms with Crippen molar-refractivity contribution in [3.05, 3.63) is 71.1 Å². The maximum atomic E-state index is 12.1. The summed E-state index contributed by atoms with van der Waals surface area (Å²) in [6.45, 7) is 2.03. The van der Waals surface area contributed by atoms with Crippen LogP contribution in [0.25, 0.3) is 0 Å². The maximum absolute atomic E-state index is 12.1. The van der Waals surface area contributed by atoms with Gasteiger partial charge in [-0.05, 0) is 30.7 Å². The number of aryl methyl sites for hydroxylation is 1. The van der Waals surface area contributed by atoms with Gasteiger partial charge in [0.15, 0.2) is 0 Å². The van der Waals surface area contributed by atoms with Crippen molar-refractivity contribution in [3.8, 4) is 0 Å². The number of carbonyl (C=O) groups excluding carboxylic acids is 2. The first-order valence-electron chi connectivity index (χ1n) is 8.52. The molecule has 0 aliphatic carbocycles. The van der Waals surface area contributed by atoms with Crippen LogP contribution in [0.5, 0.6) is 0 Å². The highest BCUT2D eigenvalue weighted by Crippen LogP contribution is 2.19. The zero-order valence-electron chi connectivity index (χ0n) is 15.5. The molecule has 0 bridgehead atoms. The molecule has 1 aromatic heterocycles. The number of anilines is 1. The minimum Gasteiger partial charge on any atom is -0.465 e. The van der Waals surface area contributed by atoms with Gasteiger partial charge in [0.25, 0.3) is 5.22 Å². The summed E-state index contributed by atoms with van der Waals surface area (Å²) in [6.07, 6.45) is 0.542. The van der Waals surface area contributed by atoms with Gasteiger partial charge in [0.2, 0.25) is 11.8 Å². The number of benzene rings is 2. The molecule has 0 saturated carbocycles. The number of ether oxygens (including phenoxy) is 1. The number of esters is 1. The van der Waals surface area contributed by atoms with Crippen LogP contribution in [0.4, 0.5) is 5.69 Å². The lowest BCUT2D eigenvalue weighted by Crippen LogP contribution is -2.14. The Bertz CT molecular complexity index is 970. The zero-order valence-corrected chi connectivity index (χ0v) is 16.3. The topological polar surface area (TPSA) is 94.3 Å². The van der Waals surface area contributed by atoms with E-state index in [1.165, 1.54) is 12.7 Å². The molecular weight excluding hydrogens is 378 g/mol. The molecule has 0 spiro atoms. The van der Waals surface area contributed by atoms with E-state index in [1.54, 1.807) is 24.3 Å². The van der Waals surface area contributed by atoms with Crippen LogP contribution in [-0.4, -0.2) is 34.9 Å². The minimum absolute atomic E-state index is 0.106. The van der Waals surface area contributed by atoms with Gasteiger partial charge >= 0.3 is 5.97 Å². The Hall–Kier alpha value is -3.13. The molecule has 28 heavy (non-hydrogen) atoms. The van der Waals surface area contributed by atoms with Crippen molar-refractivity contribution < 1.29 is 18.7 Å². The third-order valence-electron chi connectivity index (χ3n) is 3.82. The highest BCUT2D eigenvalue weighted by Gasteiger charge is 2.12. The second-order valence-electron chi connectivity index (χ2n) is 6.03. The lowest BCUT2D eigenvalue weighted by atomic mass is 10.1. The molecule has 0 unspecified atom stereocenters. The molecule has 1 N–H and O–H groups in total. The number of nitrogens with one attached hydrogen (secondary N) is 1. The van der Waals surface area contributed by atoms with Crippen molar-refractivity contribution in [2.24, 2.45) is 0 Å². The molecule has 144 valence electrons. The SMILES string of the molecule is COC(=O)c1cccc(NC(=O)CSc2nnc(Cc3ccc(C)cc3)o2)c1. The first-order chi connectivity index (χ1) is 13.5. The molecule has 0 atom stereocenters. The minimum atomic E-state index is -0.461. The van der Waals surface area contributed by atoms with Gasteiger partial charge in [-0.25, -0.2) is 4.79 Å². The molecule has 0 aliphatic heterocycles. The zero-order chi connectivity index (χ0) is 19.9. The van der Waals surface area contributed by atoms with E-state index in [1.807, 2.05) is 31.2 Å². The monoisotopic (exact) mass is 397 g/mol. The van der Waals surface area contributed by atoms with E-state index in [-0.39, 0.29) is 11.7 Å². The van der Waals surface area contributed by atoms with Gasteiger partial charge in [0.05, 0.1) is 24.8 Å². The van der Waals surface area contributed by atoms with E-state index in [9.17, 15) is 9.59 Å². The Labute approximate surface area is 166 Å². The molecule has 1 amide bonds. The van der Waals surface area contributed by atoms with E-state index >= 15 is 0 Å². The molecule has 0 saturated heterocycles. The number of nitrogens with zero attached hydrogens (tertiary/aromatic N) is 2. The normalized spacial score (nSPS) is 10.5. The number of carbonyl (C=O) groups is 2. The summed E-state index contributed by atoms with van der Waals surface area (Å²) >= 11 is 1.15. The van der Waals surface area contributed by atoms with E-state index in [0.717, 1.165) is 17.3 Å². The van der Waals surface area contributed by atoms with Gasteiger partial charge in [0.1, 0.15) is 0 Å². The fraction of sp³-hybridized carbons (Fsp3) is 0.200. The third kappa shape index (κ3) is 5.43. The average molecular weight is 397 g/mol. The molecule has 3 rings (SSSR count). The molecule has 0 fully saturated rings. The summed E-state index contributed by atoms with van der Waals surface area (Å²) in [4.78, 5) is 23.7. The summed E-state index contributed by atoms with van der Waals surface area (Å²) < 4.78 is 10.3. The quantitative estimate of drug-likeness (QED) is 0.482. The van der Waals surface area contributed by atoms with E-state index < -0.39 is 5.97 Å². The lowest BCUT2D eigenvalue weighted by molar-refractivity contribution is -0.113. The van der Waals surface area contributed by atoms with Crippen molar-refractivity contribution >= 4 is 29.3 Å². The Kier molecular flexibility index (Phi) is 6.44. The number of thioether (sulfide) groups is 1. The van der Waals surface area contributed by atoms with Crippen molar-refractivity contribution in [3.63, 3.8) is 0 Å². The molecule has 3 aromatic rings. The third-order valence-corrected chi connectivity index (χ3v) is 4.64. The number of hydrogen-bond donors (Lipinski definition) is 1. The highest BCUT2D eigenvalue weighted by atomic mass is 32.2. The second-order valence-corrected chi connectivity index (χ2v) is 6.96. The summed E-state index contributed by atoms with van der Waals surface area (Å²) in [5.74, 6) is -0.102. The number of aromatic nitrogens is 2. The Morgan fingerprint density at radius 2 is 1.93 bits per heavy atom. The van der Waals surface area contributed by atoms with Crippen LogP contribution in [0.2, 0.25) is 0 Å². The van der Waals surface area contributed by atoms with Gasteiger partial charge in [-0.1, -0.05) is 47.7 Å². The van der Waals surface area contributed by atoms with E-state index in [4.69, 9.17) is 4.42 Å². The van der Waals surface area contributed by atoms with Crippen LogP contribution in [-0.2, 0) is 16.0 Å². The highest BCUT2D eigenvalue weighted by molar-refractivity contribution is 7.99. The molecule has 1 heterocycles. The van der Waals surface area contributed by atoms with Gasteiger partial charge in [0, 0.05) is 5.69 Å². The van der Waals surface area contributed by atoms with Crippen molar-refractivity contribution in [1.29, 1.82) is 0 Å². The molecule has 0 radical (unpaired) electrons. The Morgan fingerprint density at radius 3 is 2.68 bits per heavy atom. The first kappa shape index (κ1) is 19.6. The lowest BCUT2D eigenvalue weighted by Gasteiger charge is -2.05. The van der Waals surface area contributed by atoms with Gasteiger partial charge in [-0.15, -0.1) is 10.2 Å². The fourth-order valence-electron chi connectivity index (χ4n) is 2.41. The smallest absolute Gasteiger partial charge is 0.337 e. The second kappa shape index (κ2) is 9.18. The summed E-state index contributed by atoms with van der Waals surface area (Å²) in [5, 5.41) is 11.0. The van der Waals surface area contributed by atoms with Gasteiger partial charge < -0.3 is 14.5 Å². The van der Waals surface area contributed by atoms with Crippen molar-refractivity contribution in [2.75, 3.05) is 18.2 Å². The Morgan fingerprint density at radius 1 is 1.14 bits per heavy atom. The standard InChI is InChI=1S/C20H19N3O4S/c1-13-6-8-14(9-7-13)10-18-22-23-20(27-18)28-12-17(24)21-16-5-3-4-15(11-16)19(25)26-2/h3-9,11H,10,12H2,1-2H3,(H,21,24). The average Bonchev–Trinajstić information content (AvgIpc) is 3.15. The molecule has 7 nitrogen and oxygen atoms in total. The number of amides is 1. The van der Waals surface area contributed by atoms with Crippen molar-refractivity contribution in [1.82, 2.24) is 10.2 Å². The van der Waals surface area contributed by atoms with Crippen LogP contribution < -0.4 is 5.32 Å². The molecule has 2 aromatic carbocycles. The van der Waals surface area contributed by atoms with Crippen LogP contribution in [0.15, 0.2) is 58.2 Å². The van der Waals surface area contributed by atoms with Crippen LogP contribution in [0, 0.1) is 6.92 Å². The summed E-state index contributed by atoms with van der Waals surface area (Å²) in [6, 6.07) is 14.6. The largest absolute Gasteiger partial charge is 0.465 e. The molecular formula is C20H19N3O4S. The Balaban J connectivity index is 1.52. The number of methoxy groups -OCH3 is 1. The van der Waals surface area contributed by atoms with Crippen LogP contribution >= 0.6 is 11.8 Å². The first-order valence-corrected chi connectivity index (χ1v) is 9.51. The molecule has 0 aliphatic rings.